The average molecular weight is 448 g/mol. The first-order valence-electron chi connectivity index (χ1n) is 9.79. The molecule has 0 radical (unpaired) electrons. The van der Waals surface area contributed by atoms with Gasteiger partial charge in [0.2, 0.25) is 5.91 Å². The number of ketones is 1. The third-order valence-electron chi connectivity index (χ3n) is 4.87. The molecule has 0 atom stereocenters. The second kappa shape index (κ2) is 9.45. The summed E-state index contributed by atoms with van der Waals surface area (Å²) in [5.74, 6) is -0.315. The smallest absolute Gasteiger partial charge is 0.272 e. The van der Waals surface area contributed by atoms with E-state index in [0.29, 0.717) is 32.8 Å². The number of hydrogen-bond acceptors (Lipinski definition) is 5. The molecule has 8 heteroatoms. The summed E-state index contributed by atoms with van der Waals surface area (Å²) in [4.78, 5) is 37.8. The molecular formula is C24H18ClN3O4. The van der Waals surface area contributed by atoms with E-state index in [9.17, 15) is 14.4 Å². The zero-order valence-corrected chi connectivity index (χ0v) is 17.6. The molecule has 0 aliphatic rings. The van der Waals surface area contributed by atoms with Gasteiger partial charge in [-0.1, -0.05) is 41.9 Å². The maximum atomic E-state index is 13.0. The Morgan fingerprint density at radius 1 is 1.03 bits per heavy atom. The molecule has 2 aromatic carbocycles. The first kappa shape index (κ1) is 21.3. The first-order valence-corrected chi connectivity index (χ1v) is 10.2. The van der Waals surface area contributed by atoms with Gasteiger partial charge in [0.25, 0.3) is 5.56 Å². The first-order chi connectivity index (χ1) is 15.5. The summed E-state index contributed by atoms with van der Waals surface area (Å²) in [6.45, 7) is 0.0614. The van der Waals surface area contributed by atoms with Crippen LogP contribution in [-0.4, -0.2) is 21.9 Å². The van der Waals surface area contributed by atoms with Crippen LogP contribution in [0, 0.1) is 0 Å². The predicted octanol–water partition coefficient (Wildman–Crippen LogP) is 4.14. The van der Waals surface area contributed by atoms with E-state index in [0.717, 1.165) is 0 Å². The van der Waals surface area contributed by atoms with Crippen molar-refractivity contribution in [2.45, 2.75) is 13.0 Å². The number of Topliss-reactive ketones (excluding diaryl/α,β-unsaturated/α-hetero) is 1. The van der Waals surface area contributed by atoms with Gasteiger partial charge in [0.1, 0.15) is 5.76 Å². The summed E-state index contributed by atoms with van der Waals surface area (Å²) >= 11 is 6.14. The van der Waals surface area contributed by atoms with Crippen molar-refractivity contribution < 1.29 is 14.0 Å². The minimum Gasteiger partial charge on any atom is -0.465 e. The van der Waals surface area contributed by atoms with Gasteiger partial charge in [-0.2, -0.15) is 5.10 Å². The van der Waals surface area contributed by atoms with Crippen molar-refractivity contribution in [2.75, 3.05) is 0 Å². The Hall–Kier alpha value is -3.97. The molecule has 7 nitrogen and oxygen atoms in total. The maximum absolute atomic E-state index is 13.0. The van der Waals surface area contributed by atoms with Gasteiger partial charge in [0.05, 0.1) is 28.9 Å². The van der Waals surface area contributed by atoms with Crippen molar-refractivity contribution in [1.29, 1.82) is 0 Å². The lowest BCUT2D eigenvalue weighted by Gasteiger charge is -2.10. The van der Waals surface area contributed by atoms with Crippen LogP contribution in [0.2, 0.25) is 5.02 Å². The molecule has 2 aromatic heterocycles. The summed E-state index contributed by atoms with van der Waals surface area (Å²) in [7, 11) is 0. The summed E-state index contributed by atoms with van der Waals surface area (Å²) < 4.78 is 5.31. The van der Waals surface area contributed by atoms with E-state index in [1.807, 2.05) is 0 Å². The van der Waals surface area contributed by atoms with Crippen LogP contribution in [0.25, 0.3) is 16.8 Å². The molecule has 1 amide bonds. The van der Waals surface area contributed by atoms with Crippen LogP contribution in [-0.2, 0) is 11.3 Å². The molecule has 2 heterocycles. The van der Waals surface area contributed by atoms with Crippen molar-refractivity contribution in [2.24, 2.45) is 0 Å². The molecule has 4 aromatic rings. The highest BCUT2D eigenvalue weighted by molar-refractivity contribution is 6.34. The van der Waals surface area contributed by atoms with Crippen LogP contribution in [0.15, 0.2) is 81.7 Å². The van der Waals surface area contributed by atoms with Crippen LogP contribution < -0.4 is 10.9 Å². The van der Waals surface area contributed by atoms with Crippen molar-refractivity contribution in [3.63, 3.8) is 0 Å². The molecule has 2 N–H and O–H groups in total. The number of H-pyrrole nitrogens is 1. The topological polar surface area (TPSA) is 105 Å². The Morgan fingerprint density at radius 2 is 1.78 bits per heavy atom. The SMILES string of the molecule is O=C(NCc1n[nH]c(=O)c2ccccc12)/C(=C/c1ccco1)CC(=O)c1ccccc1Cl. The van der Waals surface area contributed by atoms with E-state index < -0.39 is 5.91 Å². The van der Waals surface area contributed by atoms with Gasteiger partial charge in [0, 0.05) is 22.9 Å². The van der Waals surface area contributed by atoms with E-state index >= 15 is 0 Å². The van der Waals surface area contributed by atoms with E-state index in [-0.39, 0.29) is 29.9 Å². The van der Waals surface area contributed by atoms with Gasteiger partial charge in [-0.15, -0.1) is 0 Å². The van der Waals surface area contributed by atoms with E-state index in [4.69, 9.17) is 16.0 Å². The van der Waals surface area contributed by atoms with Gasteiger partial charge in [0.15, 0.2) is 5.78 Å². The summed E-state index contributed by atoms with van der Waals surface area (Å²) in [5.41, 5.74) is 0.738. The zero-order chi connectivity index (χ0) is 22.5. The molecule has 0 aliphatic heterocycles. The molecule has 160 valence electrons. The molecule has 32 heavy (non-hydrogen) atoms. The Kier molecular flexibility index (Phi) is 6.28. The lowest BCUT2D eigenvalue weighted by atomic mass is 10.0. The van der Waals surface area contributed by atoms with Crippen LogP contribution in [0.1, 0.15) is 28.2 Å². The van der Waals surface area contributed by atoms with Crippen molar-refractivity contribution in [3.8, 4) is 0 Å². The normalized spacial score (nSPS) is 11.5. The number of nitrogens with zero attached hydrogens (tertiary/aromatic N) is 1. The summed E-state index contributed by atoms with van der Waals surface area (Å²) in [6, 6.07) is 17.0. The van der Waals surface area contributed by atoms with Crippen LogP contribution in [0.5, 0.6) is 0 Å². The number of aromatic nitrogens is 2. The molecule has 0 aliphatic carbocycles. The number of benzene rings is 2. The highest BCUT2D eigenvalue weighted by Crippen LogP contribution is 2.20. The molecule has 0 saturated carbocycles. The molecule has 0 fully saturated rings. The van der Waals surface area contributed by atoms with E-state index in [2.05, 4.69) is 15.5 Å². The predicted molar refractivity (Wildman–Crippen MR) is 121 cm³/mol. The summed E-state index contributed by atoms with van der Waals surface area (Å²) in [6.07, 6.45) is 2.83. The van der Waals surface area contributed by atoms with Gasteiger partial charge < -0.3 is 9.73 Å². The van der Waals surface area contributed by atoms with Crippen molar-refractivity contribution in [3.05, 3.63) is 105 Å². The minimum atomic E-state index is -0.459. The monoisotopic (exact) mass is 447 g/mol. The van der Waals surface area contributed by atoms with Crippen molar-refractivity contribution >= 4 is 40.1 Å². The van der Waals surface area contributed by atoms with Crippen LogP contribution in [0.4, 0.5) is 0 Å². The molecular weight excluding hydrogens is 430 g/mol. The third-order valence-corrected chi connectivity index (χ3v) is 5.20. The molecule has 0 bridgehead atoms. The quantitative estimate of drug-likeness (QED) is 0.327. The van der Waals surface area contributed by atoms with Crippen LogP contribution in [0.3, 0.4) is 0 Å². The highest BCUT2D eigenvalue weighted by atomic mass is 35.5. The number of furan rings is 1. The lowest BCUT2D eigenvalue weighted by Crippen LogP contribution is -2.27. The number of rotatable bonds is 7. The number of carbonyl (C=O) groups excluding carboxylic acids is 2. The Labute approximate surface area is 187 Å². The average Bonchev–Trinajstić information content (AvgIpc) is 3.31. The number of halogens is 1. The Bertz CT molecular complexity index is 1370. The molecule has 0 spiro atoms. The van der Waals surface area contributed by atoms with Gasteiger partial charge >= 0.3 is 0 Å². The third kappa shape index (κ3) is 4.68. The molecule has 4 rings (SSSR count). The molecule has 0 unspecified atom stereocenters. The number of amides is 1. The standard InChI is InChI=1S/C24H18ClN3O4/c25-20-10-4-3-9-19(20)22(29)13-15(12-16-6-5-11-32-16)23(30)26-14-21-17-7-1-2-8-18(17)24(31)28-27-21/h1-12H,13-14H2,(H,26,30)(H,28,31)/b15-12+. The van der Waals surface area contributed by atoms with Gasteiger partial charge in [-0.25, -0.2) is 5.10 Å². The minimum absolute atomic E-state index is 0.0614. The number of fused-ring (bicyclic) bond motifs is 1. The van der Waals surface area contributed by atoms with E-state index in [1.165, 1.54) is 12.3 Å². The number of nitrogens with one attached hydrogen (secondary N) is 2. The second-order valence-electron chi connectivity index (χ2n) is 6.99. The summed E-state index contributed by atoms with van der Waals surface area (Å²) in [5, 5.41) is 10.7. The number of aromatic amines is 1. The lowest BCUT2D eigenvalue weighted by molar-refractivity contribution is -0.117. The fraction of sp³-hybridized carbons (Fsp3) is 0.0833. The van der Waals surface area contributed by atoms with Gasteiger partial charge in [-0.05, 0) is 36.4 Å². The zero-order valence-electron chi connectivity index (χ0n) is 16.8. The molecule has 0 saturated heterocycles. The van der Waals surface area contributed by atoms with Crippen molar-refractivity contribution in [1.82, 2.24) is 15.5 Å². The largest absolute Gasteiger partial charge is 0.465 e. The second-order valence-corrected chi connectivity index (χ2v) is 7.40. The maximum Gasteiger partial charge on any atom is 0.272 e. The number of hydrogen-bond donors (Lipinski definition) is 2. The Morgan fingerprint density at radius 3 is 2.53 bits per heavy atom. The van der Waals surface area contributed by atoms with Crippen LogP contribution >= 0.6 is 11.6 Å². The fourth-order valence-corrected chi connectivity index (χ4v) is 3.52. The highest BCUT2D eigenvalue weighted by Gasteiger charge is 2.18. The fourth-order valence-electron chi connectivity index (χ4n) is 3.28. The Balaban J connectivity index is 1.58. The van der Waals surface area contributed by atoms with Gasteiger partial charge in [-0.3, -0.25) is 14.4 Å². The number of carbonyl (C=O) groups is 2. The van der Waals surface area contributed by atoms with E-state index in [1.54, 1.807) is 60.7 Å².